The molecule has 0 bridgehead atoms. The topological polar surface area (TPSA) is 35.6 Å². The van der Waals surface area contributed by atoms with Crippen LogP contribution in [-0.2, 0) is 4.79 Å². The van der Waals surface area contributed by atoms with Gasteiger partial charge in [-0.1, -0.05) is 0 Å². The molecule has 1 saturated heterocycles. The van der Waals surface area contributed by atoms with Crippen LogP contribution in [0.5, 0.6) is 0 Å². The van der Waals surface area contributed by atoms with Crippen molar-refractivity contribution in [3.05, 3.63) is 0 Å². The van der Waals surface area contributed by atoms with E-state index in [-0.39, 0.29) is 11.9 Å². The van der Waals surface area contributed by atoms with E-state index in [9.17, 15) is 4.79 Å². The van der Waals surface area contributed by atoms with Crippen LogP contribution < -0.4 is 5.32 Å². The summed E-state index contributed by atoms with van der Waals surface area (Å²) in [4.78, 5) is 16.2. The minimum atomic E-state index is -0.0507. The Morgan fingerprint density at radius 2 is 1.88 bits per heavy atom. The van der Waals surface area contributed by atoms with E-state index in [1.165, 1.54) is 0 Å². The quantitative estimate of drug-likeness (QED) is 0.751. The molecular weight excluding hydrogens is 214 g/mol. The van der Waals surface area contributed by atoms with E-state index in [0.29, 0.717) is 6.04 Å². The number of hydrogen-bond donors (Lipinski definition) is 1. The van der Waals surface area contributed by atoms with E-state index < -0.39 is 0 Å². The molecule has 1 N–H and O–H groups in total. The van der Waals surface area contributed by atoms with E-state index in [1.807, 2.05) is 11.8 Å². The number of rotatable bonds is 6. The predicted octanol–water partition coefficient (Wildman–Crippen LogP) is 0.927. The molecule has 0 radical (unpaired) electrons. The fraction of sp³-hybridized carbons (Fsp3) is 0.923. The maximum absolute atomic E-state index is 12.1. The zero-order chi connectivity index (χ0) is 12.8. The van der Waals surface area contributed by atoms with Crippen molar-refractivity contribution in [3.8, 4) is 0 Å². The van der Waals surface area contributed by atoms with Crippen molar-refractivity contribution in [1.29, 1.82) is 0 Å². The molecule has 1 fully saturated rings. The van der Waals surface area contributed by atoms with Gasteiger partial charge in [0.25, 0.3) is 0 Å². The lowest BCUT2D eigenvalue weighted by molar-refractivity contribution is -0.132. The number of hydrogen-bond acceptors (Lipinski definition) is 3. The van der Waals surface area contributed by atoms with Crippen LogP contribution in [0, 0.1) is 0 Å². The van der Waals surface area contributed by atoms with Gasteiger partial charge in [-0.2, -0.15) is 0 Å². The first-order valence-corrected chi connectivity index (χ1v) is 6.70. The van der Waals surface area contributed by atoms with Crippen LogP contribution in [0.25, 0.3) is 0 Å². The van der Waals surface area contributed by atoms with Gasteiger partial charge < -0.3 is 15.1 Å². The largest absolute Gasteiger partial charge is 0.341 e. The first-order chi connectivity index (χ1) is 8.00. The summed E-state index contributed by atoms with van der Waals surface area (Å²) in [5, 5.41) is 3.39. The van der Waals surface area contributed by atoms with E-state index in [1.54, 1.807) is 0 Å². The summed E-state index contributed by atoms with van der Waals surface area (Å²) in [5.74, 6) is 0.263. The second-order valence-corrected chi connectivity index (χ2v) is 5.41. The SMILES string of the molecule is CC(CCN(C)C)NC(C)C(=O)N1CCCC1. The van der Waals surface area contributed by atoms with Crippen LogP contribution in [0.2, 0.25) is 0 Å². The van der Waals surface area contributed by atoms with E-state index in [4.69, 9.17) is 0 Å². The van der Waals surface area contributed by atoms with Crippen molar-refractivity contribution < 1.29 is 4.79 Å². The summed E-state index contributed by atoms with van der Waals surface area (Å²) in [5.41, 5.74) is 0. The molecule has 0 aromatic rings. The fourth-order valence-corrected chi connectivity index (χ4v) is 2.24. The Balaban J connectivity index is 2.27. The molecule has 0 aromatic heterocycles. The van der Waals surface area contributed by atoms with Crippen molar-refractivity contribution in [1.82, 2.24) is 15.1 Å². The Morgan fingerprint density at radius 1 is 1.29 bits per heavy atom. The predicted molar refractivity (Wildman–Crippen MR) is 71.0 cm³/mol. The van der Waals surface area contributed by atoms with Crippen LogP contribution in [0.3, 0.4) is 0 Å². The smallest absolute Gasteiger partial charge is 0.239 e. The molecule has 2 unspecified atom stereocenters. The molecule has 100 valence electrons. The Morgan fingerprint density at radius 3 is 2.41 bits per heavy atom. The highest BCUT2D eigenvalue weighted by molar-refractivity contribution is 5.81. The van der Waals surface area contributed by atoms with E-state index in [0.717, 1.165) is 38.9 Å². The zero-order valence-corrected chi connectivity index (χ0v) is 11.7. The molecule has 0 spiro atoms. The molecule has 1 heterocycles. The van der Waals surface area contributed by atoms with Gasteiger partial charge in [-0.25, -0.2) is 0 Å². The Labute approximate surface area is 105 Å². The molecule has 1 aliphatic rings. The maximum atomic E-state index is 12.1. The van der Waals surface area contributed by atoms with E-state index in [2.05, 4.69) is 31.2 Å². The average molecular weight is 241 g/mol. The molecule has 1 rings (SSSR count). The molecule has 4 nitrogen and oxygen atoms in total. The third-order valence-electron chi connectivity index (χ3n) is 3.33. The van der Waals surface area contributed by atoms with Crippen molar-refractivity contribution in [2.45, 2.75) is 45.2 Å². The number of nitrogens with zero attached hydrogens (tertiary/aromatic N) is 2. The second-order valence-electron chi connectivity index (χ2n) is 5.41. The van der Waals surface area contributed by atoms with Gasteiger partial charge in [-0.05, 0) is 53.8 Å². The second kappa shape index (κ2) is 6.97. The first kappa shape index (κ1) is 14.5. The van der Waals surface area contributed by atoms with Crippen molar-refractivity contribution in [3.63, 3.8) is 0 Å². The van der Waals surface area contributed by atoms with Crippen LogP contribution in [0.1, 0.15) is 33.1 Å². The maximum Gasteiger partial charge on any atom is 0.239 e. The van der Waals surface area contributed by atoms with Crippen LogP contribution in [-0.4, -0.2) is 61.5 Å². The highest BCUT2D eigenvalue weighted by Gasteiger charge is 2.23. The van der Waals surface area contributed by atoms with Crippen molar-refractivity contribution in [2.75, 3.05) is 33.7 Å². The molecular formula is C13H27N3O. The van der Waals surface area contributed by atoms with Gasteiger partial charge in [-0.3, -0.25) is 4.79 Å². The van der Waals surface area contributed by atoms with Crippen molar-refractivity contribution >= 4 is 5.91 Å². The van der Waals surface area contributed by atoms with Gasteiger partial charge in [-0.15, -0.1) is 0 Å². The van der Waals surface area contributed by atoms with Crippen LogP contribution >= 0.6 is 0 Å². The first-order valence-electron chi connectivity index (χ1n) is 6.70. The lowest BCUT2D eigenvalue weighted by Gasteiger charge is -2.24. The molecule has 2 atom stereocenters. The lowest BCUT2D eigenvalue weighted by atomic mass is 10.2. The van der Waals surface area contributed by atoms with E-state index >= 15 is 0 Å². The monoisotopic (exact) mass is 241 g/mol. The summed E-state index contributed by atoms with van der Waals surface area (Å²) >= 11 is 0. The summed E-state index contributed by atoms with van der Waals surface area (Å²) < 4.78 is 0. The molecule has 17 heavy (non-hydrogen) atoms. The number of carbonyl (C=O) groups is 1. The van der Waals surface area contributed by atoms with Crippen molar-refractivity contribution in [2.24, 2.45) is 0 Å². The summed E-state index contributed by atoms with van der Waals surface area (Å²) in [6.45, 7) is 7.07. The Bertz CT molecular complexity index is 237. The minimum Gasteiger partial charge on any atom is -0.341 e. The average Bonchev–Trinajstić information content (AvgIpc) is 2.78. The van der Waals surface area contributed by atoms with Gasteiger partial charge in [0.15, 0.2) is 0 Å². The van der Waals surface area contributed by atoms with Gasteiger partial charge >= 0.3 is 0 Å². The minimum absolute atomic E-state index is 0.0507. The third-order valence-corrected chi connectivity index (χ3v) is 3.33. The third kappa shape index (κ3) is 5.04. The van der Waals surface area contributed by atoms with Crippen LogP contribution in [0.4, 0.5) is 0 Å². The fourth-order valence-electron chi connectivity index (χ4n) is 2.24. The Hall–Kier alpha value is -0.610. The van der Waals surface area contributed by atoms with Gasteiger partial charge in [0.1, 0.15) is 0 Å². The molecule has 0 saturated carbocycles. The highest BCUT2D eigenvalue weighted by Crippen LogP contribution is 2.09. The number of likely N-dealkylation sites (tertiary alicyclic amines) is 1. The number of amides is 1. The zero-order valence-electron chi connectivity index (χ0n) is 11.7. The summed E-state index contributed by atoms with van der Waals surface area (Å²) in [7, 11) is 4.15. The normalized spacial score (nSPS) is 19.7. The molecule has 4 heteroatoms. The van der Waals surface area contributed by atoms with Gasteiger partial charge in [0.05, 0.1) is 6.04 Å². The Kier molecular flexibility index (Phi) is 5.92. The van der Waals surface area contributed by atoms with Gasteiger partial charge in [0.2, 0.25) is 5.91 Å². The summed E-state index contributed by atoms with van der Waals surface area (Å²) in [6.07, 6.45) is 3.40. The number of nitrogens with one attached hydrogen (secondary N) is 1. The molecule has 0 aliphatic carbocycles. The lowest BCUT2D eigenvalue weighted by Crippen LogP contribution is -2.47. The number of carbonyl (C=O) groups excluding carboxylic acids is 1. The molecule has 0 aromatic carbocycles. The highest BCUT2D eigenvalue weighted by atomic mass is 16.2. The molecule has 1 aliphatic heterocycles. The van der Waals surface area contributed by atoms with Gasteiger partial charge in [0, 0.05) is 19.1 Å². The van der Waals surface area contributed by atoms with Crippen LogP contribution in [0.15, 0.2) is 0 Å². The standard InChI is InChI=1S/C13H27N3O/c1-11(7-10-15(3)4)14-12(2)13(17)16-8-5-6-9-16/h11-12,14H,5-10H2,1-4H3. The summed E-state index contributed by atoms with van der Waals surface area (Å²) in [6, 6.07) is 0.337. The molecule has 1 amide bonds.